The Morgan fingerprint density at radius 1 is 1.09 bits per heavy atom. The highest BCUT2D eigenvalue weighted by atomic mass is 32.2. The third-order valence-corrected chi connectivity index (χ3v) is 7.71. The van der Waals surface area contributed by atoms with Crippen molar-refractivity contribution in [3.05, 3.63) is 82.3 Å². The second-order valence-corrected chi connectivity index (χ2v) is 10.9. The summed E-state index contributed by atoms with van der Waals surface area (Å²) in [5.41, 5.74) is 6.74. The quantitative estimate of drug-likeness (QED) is 0.373. The molecule has 9 heteroatoms. The van der Waals surface area contributed by atoms with Crippen molar-refractivity contribution in [1.29, 1.82) is 0 Å². The lowest BCUT2D eigenvalue weighted by molar-refractivity contribution is 0.209. The van der Waals surface area contributed by atoms with Crippen LogP contribution in [0.25, 0.3) is 11.2 Å². The second-order valence-electron chi connectivity index (χ2n) is 9.08. The summed E-state index contributed by atoms with van der Waals surface area (Å²) in [6.07, 6.45) is 2.60. The van der Waals surface area contributed by atoms with E-state index in [4.69, 9.17) is 10.1 Å². The minimum Gasteiger partial charge on any atom is -0.465 e. The van der Waals surface area contributed by atoms with Crippen LogP contribution in [0.3, 0.4) is 0 Å². The van der Waals surface area contributed by atoms with E-state index in [9.17, 15) is 13.2 Å². The largest absolute Gasteiger partial charge is 0.465 e. The van der Waals surface area contributed by atoms with Crippen LogP contribution in [0, 0.1) is 20.8 Å². The zero-order valence-electron chi connectivity index (χ0n) is 20.3. The van der Waals surface area contributed by atoms with Crippen molar-refractivity contribution in [1.82, 2.24) is 13.9 Å². The maximum atomic E-state index is 13.4. The van der Waals surface area contributed by atoms with Gasteiger partial charge in [-0.05, 0) is 67.6 Å². The van der Waals surface area contributed by atoms with Gasteiger partial charge in [-0.1, -0.05) is 31.5 Å². The fourth-order valence-electron chi connectivity index (χ4n) is 4.19. The SMILES string of the molecule is Cc1ccc(S(=O)(=O)n2cc(C(C)C)c3nc(Cc4c(C)cc(NC(=O)O)cc4C)cnc32)cc1. The van der Waals surface area contributed by atoms with Crippen molar-refractivity contribution in [3.8, 4) is 0 Å². The molecule has 0 unspecified atom stereocenters. The number of hydrogen-bond donors (Lipinski definition) is 2. The number of carboxylic acid groups (broad SMARTS) is 1. The van der Waals surface area contributed by atoms with Gasteiger partial charge in [0, 0.05) is 23.9 Å². The number of hydrogen-bond acceptors (Lipinski definition) is 5. The first-order chi connectivity index (χ1) is 16.5. The van der Waals surface area contributed by atoms with E-state index in [0.29, 0.717) is 29.0 Å². The van der Waals surface area contributed by atoms with Crippen LogP contribution in [0.15, 0.2) is 53.7 Å². The van der Waals surface area contributed by atoms with Crippen LogP contribution in [-0.4, -0.2) is 33.6 Å². The van der Waals surface area contributed by atoms with Crippen LogP contribution in [0.5, 0.6) is 0 Å². The van der Waals surface area contributed by atoms with E-state index in [1.807, 2.05) is 34.6 Å². The van der Waals surface area contributed by atoms with Gasteiger partial charge in [-0.2, -0.15) is 0 Å². The summed E-state index contributed by atoms with van der Waals surface area (Å²) in [6.45, 7) is 9.74. The first kappa shape index (κ1) is 24.4. The standard InChI is InChI=1S/C26H28N4O4S/c1-15(2)23-14-30(35(33,34)21-8-6-16(3)7-9-21)25-24(23)28-20(13-27-25)12-22-17(4)10-19(11-18(22)5)29-26(31)32/h6-11,13-15,29H,12H2,1-5H3,(H,31,32). The normalized spacial score (nSPS) is 11.8. The van der Waals surface area contributed by atoms with Gasteiger partial charge in [0.15, 0.2) is 5.65 Å². The molecule has 4 rings (SSSR count). The molecule has 0 aliphatic carbocycles. The molecule has 0 aliphatic rings. The second kappa shape index (κ2) is 9.14. The number of aromatic nitrogens is 3. The topological polar surface area (TPSA) is 114 Å². The van der Waals surface area contributed by atoms with Crippen LogP contribution in [-0.2, 0) is 16.4 Å². The van der Waals surface area contributed by atoms with E-state index >= 15 is 0 Å². The smallest absolute Gasteiger partial charge is 0.409 e. The minimum atomic E-state index is -3.84. The van der Waals surface area contributed by atoms with Crippen LogP contribution >= 0.6 is 0 Å². The fourth-order valence-corrected chi connectivity index (χ4v) is 5.51. The Bertz CT molecular complexity index is 1510. The van der Waals surface area contributed by atoms with Crippen molar-refractivity contribution in [3.63, 3.8) is 0 Å². The van der Waals surface area contributed by atoms with Crippen molar-refractivity contribution in [2.24, 2.45) is 0 Å². The third kappa shape index (κ3) is 4.77. The van der Waals surface area contributed by atoms with Crippen LogP contribution < -0.4 is 5.32 Å². The lowest BCUT2D eigenvalue weighted by atomic mass is 9.97. The van der Waals surface area contributed by atoms with Gasteiger partial charge in [0.05, 0.1) is 16.8 Å². The molecule has 0 saturated carbocycles. The molecule has 0 radical (unpaired) electrons. The predicted octanol–water partition coefficient (Wildman–Crippen LogP) is 5.40. The predicted molar refractivity (Wildman–Crippen MR) is 136 cm³/mol. The molecule has 0 aliphatic heterocycles. The van der Waals surface area contributed by atoms with Crippen LogP contribution in [0.2, 0.25) is 0 Å². The molecule has 0 bridgehead atoms. The molecule has 182 valence electrons. The highest BCUT2D eigenvalue weighted by molar-refractivity contribution is 7.90. The Hall–Kier alpha value is -3.72. The zero-order valence-corrected chi connectivity index (χ0v) is 21.1. The molecule has 2 aromatic carbocycles. The average molecular weight is 493 g/mol. The summed E-state index contributed by atoms with van der Waals surface area (Å²) in [4.78, 5) is 20.5. The molecule has 1 amide bonds. The lowest BCUT2D eigenvalue weighted by Crippen LogP contribution is -2.13. The summed E-state index contributed by atoms with van der Waals surface area (Å²) in [6, 6.07) is 10.3. The molecule has 8 nitrogen and oxygen atoms in total. The van der Waals surface area contributed by atoms with Crippen molar-refractivity contribution < 1.29 is 18.3 Å². The van der Waals surface area contributed by atoms with Crippen molar-refractivity contribution in [2.75, 3.05) is 5.32 Å². The highest BCUT2D eigenvalue weighted by Gasteiger charge is 2.24. The molecule has 0 atom stereocenters. The molecule has 0 spiro atoms. The first-order valence-corrected chi connectivity index (χ1v) is 12.7. The Kier molecular flexibility index (Phi) is 6.38. The summed E-state index contributed by atoms with van der Waals surface area (Å²) in [5, 5.41) is 11.4. The maximum Gasteiger partial charge on any atom is 0.409 e. The molecule has 35 heavy (non-hydrogen) atoms. The zero-order chi connectivity index (χ0) is 25.5. The van der Waals surface area contributed by atoms with Gasteiger partial charge in [0.1, 0.15) is 5.52 Å². The van der Waals surface area contributed by atoms with Gasteiger partial charge in [0.25, 0.3) is 10.0 Å². The van der Waals surface area contributed by atoms with Gasteiger partial charge < -0.3 is 5.11 Å². The average Bonchev–Trinajstić information content (AvgIpc) is 3.16. The van der Waals surface area contributed by atoms with Gasteiger partial charge in [-0.3, -0.25) is 5.32 Å². The van der Waals surface area contributed by atoms with E-state index in [1.54, 1.807) is 48.8 Å². The van der Waals surface area contributed by atoms with Crippen LogP contribution in [0.1, 0.15) is 53.3 Å². The number of benzene rings is 2. The maximum absolute atomic E-state index is 13.4. The van der Waals surface area contributed by atoms with Gasteiger partial charge in [-0.25, -0.2) is 27.2 Å². The molecule has 2 aromatic heterocycles. The summed E-state index contributed by atoms with van der Waals surface area (Å²) in [7, 11) is -3.84. The number of rotatable bonds is 6. The van der Waals surface area contributed by atoms with E-state index in [0.717, 1.165) is 27.8 Å². The number of carbonyl (C=O) groups is 1. The number of aryl methyl sites for hydroxylation is 3. The molecule has 0 fully saturated rings. The van der Waals surface area contributed by atoms with Crippen LogP contribution in [0.4, 0.5) is 10.5 Å². The molecular weight excluding hydrogens is 464 g/mol. The van der Waals surface area contributed by atoms with Crippen molar-refractivity contribution >= 4 is 33.0 Å². The number of amides is 1. The summed E-state index contributed by atoms with van der Waals surface area (Å²) < 4.78 is 28.1. The Balaban J connectivity index is 1.78. The lowest BCUT2D eigenvalue weighted by Gasteiger charge is -2.13. The van der Waals surface area contributed by atoms with E-state index in [1.165, 1.54) is 3.97 Å². The van der Waals surface area contributed by atoms with Gasteiger partial charge in [-0.15, -0.1) is 0 Å². The Morgan fingerprint density at radius 2 is 1.71 bits per heavy atom. The number of nitrogens with zero attached hydrogens (tertiary/aromatic N) is 3. The van der Waals surface area contributed by atoms with E-state index in [2.05, 4.69) is 10.3 Å². The molecular formula is C26H28N4O4S. The van der Waals surface area contributed by atoms with E-state index < -0.39 is 16.1 Å². The minimum absolute atomic E-state index is 0.0429. The molecule has 4 aromatic rings. The molecule has 2 N–H and O–H groups in total. The molecule has 2 heterocycles. The monoisotopic (exact) mass is 492 g/mol. The summed E-state index contributed by atoms with van der Waals surface area (Å²) in [5.74, 6) is 0.0429. The van der Waals surface area contributed by atoms with Gasteiger partial charge >= 0.3 is 6.09 Å². The molecule has 0 saturated heterocycles. The Labute approximate surface area is 204 Å². The number of anilines is 1. The highest BCUT2D eigenvalue weighted by Crippen LogP contribution is 2.29. The Morgan fingerprint density at radius 3 is 2.29 bits per heavy atom. The number of nitrogens with one attached hydrogen (secondary N) is 1. The summed E-state index contributed by atoms with van der Waals surface area (Å²) >= 11 is 0. The first-order valence-electron chi connectivity index (χ1n) is 11.3. The van der Waals surface area contributed by atoms with Crippen molar-refractivity contribution in [2.45, 2.75) is 51.9 Å². The number of fused-ring (bicyclic) bond motifs is 1. The van der Waals surface area contributed by atoms with E-state index in [-0.39, 0.29) is 10.8 Å². The third-order valence-electron chi connectivity index (χ3n) is 6.05. The van der Waals surface area contributed by atoms with Gasteiger partial charge in [0.2, 0.25) is 0 Å². The fraction of sp³-hybridized carbons (Fsp3) is 0.269.